The molecule has 1 spiro atoms. The smallest absolute Gasteiger partial charge is 0.310 e. The van der Waals surface area contributed by atoms with Gasteiger partial charge in [-0.3, -0.25) is 14.4 Å². The van der Waals surface area contributed by atoms with Gasteiger partial charge in [0.15, 0.2) is 0 Å². The topological polar surface area (TPSA) is 107 Å². The van der Waals surface area contributed by atoms with Crippen LogP contribution in [0.15, 0.2) is 43.0 Å². The van der Waals surface area contributed by atoms with Gasteiger partial charge in [0, 0.05) is 13.1 Å². The van der Waals surface area contributed by atoms with Gasteiger partial charge >= 0.3 is 5.97 Å². The average Bonchev–Trinajstić information content (AvgIpc) is 3.43. The van der Waals surface area contributed by atoms with Crippen LogP contribution in [0.1, 0.15) is 31.7 Å². The second kappa shape index (κ2) is 8.67. The molecule has 4 rings (SSSR count). The minimum atomic E-state index is -1.18. The van der Waals surface area contributed by atoms with Gasteiger partial charge in [-0.1, -0.05) is 43.3 Å². The molecule has 8 nitrogen and oxygen atoms in total. The Morgan fingerprint density at radius 3 is 2.69 bits per heavy atom. The van der Waals surface area contributed by atoms with E-state index in [4.69, 9.17) is 4.74 Å². The Balaban J connectivity index is 1.76. The Bertz CT molecular complexity index is 901. The van der Waals surface area contributed by atoms with Crippen molar-refractivity contribution in [2.45, 2.75) is 56.5 Å². The van der Waals surface area contributed by atoms with Crippen molar-refractivity contribution >= 4 is 17.8 Å². The standard InChI is InChI=1S/C24H30N2O6/c1-3-12-25(13-15-8-6-5-7-9-15)22(29)20-24-11-10-17(32-24)18(23(30)31)19(24)21(28)26(20)16(4-2)14-27/h3,5-9,16-20,27H,1,4,10-14H2,2H3,(H,30,31)/t16-,17+,18-,19-,20?,24?/m0/s1. The zero-order valence-corrected chi connectivity index (χ0v) is 18.2. The number of fused-ring (bicyclic) bond motifs is 1. The lowest BCUT2D eigenvalue weighted by Crippen LogP contribution is -2.58. The van der Waals surface area contributed by atoms with Crippen LogP contribution in [0.5, 0.6) is 0 Å². The number of amides is 2. The lowest BCUT2D eigenvalue weighted by Gasteiger charge is -2.39. The lowest BCUT2D eigenvalue weighted by atomic mass is 9.70. The first kappa shape index (κ1) is 22.5. The van der Waals surface area contributed by atoms with E-state index in [-0.39, 0.29) is 19.1 Å². The van der Waals surface area contributed by atoms with Gasteiger partial charge in [-0.15, -0.1) is 6.58 Å². The Hall–Kier alpha value is -2.71. The number of aliphatic hydroxyl groups excluding tert-OH is 1. The highest BCUT2D eigenvalue weighted by molar-refractivity contribution is 5.98. The third-order valence-electron chi connectivity index (χ3n) is 7.21. The Morgan fingerprint density at radius 2 is 2.09 bits per heavy atom. The molecule has 2 N–H and O–H groups in total. The van der Waals surface area contributed by atoms with E-state index < -0.39 is 47.5 Å². The highest BCUT2D eigenvalue weighted by atomic mass is 16.5. The van der Waals surface area contributed by atoms with Crippen LogP contribution in [-0.4, -0.2) is 74.7 Å². The van der Waals surface area contributed by atoms with Crippen molar-refractivity contribution in [3.8, 4) is 0 Å². The second-order valence-corrected chi connectivity index (χ2v) is 8.88. The molecule has 0 radical (unpaired) electrons. The van der Waals surface area contributed by atoms with Crippen LogP contribution in [-0.2, 0) is 25.7 Å². The molecular weight excluding hydrogens is 412 g/mol. The first-order chi connectivity index (χ1) is 15.4. The first-order valence-electron chi connectivity index (χ1n) is 11.2. The molecule has 32 heavy (non-hydrogen) atoms. The number of ether oxygens (including phenoxy) is 1. The molecule has 0 aromatic heterocycles. The summed E-state index contributed by atoms with van der Waals surface area (Å²) in [7, 11) is 0. The maximum absolute atomic E-state index is 14.0. The number of carboxylic acids is 1. The summed E-state index contributed by atoms with van der Waals surface area (Å²) in [6.45, 7) is 5.90. The minimum Gasteiger partial charge on any atom is -0.481 e. The van der Waals surface area contributed by atoms with Gasteiger partial charge in [0.05, 0.1) is 30.6 Å². The normalized spacial score (nSPS) is 31.4. The van der Waals surface area contributed by atoms with Gasteiger partial charge < -0.3 is 24.7 Å². The lowest BCUT2D eigenvalue weighted by molar-refractivity contribution is -0.153. The van der Waals surface area contributed by atoms with E-state index >= 15 is 0 Å². The number of hydrogen-bond donors (Lipinski definition) is 2. The number of carboxylic acid groups (broad SMARTS) is 1. The summed E-state index contributed by atoms with van der Waals surface area (Å²) in [5.41, 5.74) is -0.248. The highest BCUT2D eigenvalue weighted by Crippen LogP contribution is 2.59. The van der Waals surface area contributed by atoms with Crippen LogP contribution < -0.4 is 0 Å². The maximum Gasteiger partial charge on any atom is 0.310 e. The van der Waals surface area contributed by atoms with Crippen molar-refractivity contribution < 1.29 is 29.3 Å². The molecule has 8 heteroatoms. The predicted molar refractivity (Wildman–Crippen MR) is 115 cm³/mol. The molecule has 2 amide bonds. The molecule has 3 saturated heterocycles. The van der Waals surface area contributed by atoms with Crippen molar-refractivity contribution in [1.29, 1.82) is 0 Å². The second-order valence-electron chi connectivity index (χ2n) is 8.88. The highest BCUT2D eigenvalue weighted by Gasteiger charge is 2.75. The monoisotopic (exact) mass is 442 g/mol. The van der Waals surface area contributed by atoms with Crippen LogP contribution in [0.4, 0.5) is 0 Å². The molecule has 3 aliphatic heterocycles. The van der Waals surface area contributed by atoms with Crippen LogP contribution >= 0.6 is 0 Å². The molecule has 0 saturated carbocycles. The summed E-state index contributed by atoms with van der Waals surface area (Å²) < 4.78 is 6.21. The molecule has 1 aromatic carbocycles. The SMILES string of the molecule is C=CCN(Cc1ccccc1)C(=O)C1N([C@@H](CC)CO)C(=O)[C@@H]2[C@@H](C(=O)O)[C@H]3CCC12O3. The minimum absolute atomic E-state index is 0.273. The van der Waals surface area contributed by atoms with Crippen LogP contribution in [0.2, 0.25) is 0 Å². The molecule has 2 bridgehead atoms. The Morgan fingerprint density at radius 1 is 1.38 bits per heavy atom. The van der Waals surface area contributed by atoms with Crippen LogP contribution in [0.3, 0.4) is 0 Å². The van der Waals surface area contributed by atoms with Crippen molar-refractivity contribution in [2.24, 2.45) is 11.8 Å². The van der Waals surface area contributed by atoms with Crippen LogP contribution in [0.25, 0.3) is 0 Å². The molecule has 6 atom stereocenters. The number of benzene rings is 1. The zero-order chi connectivity index (χ0) is 23.0. The summed E-state index contributed by atoms with van der Waals surface area (Å²) in [6.07, 6.45) is 2.44. The number of nitrogens with zero attached hydrogens (tertiary/aromatic N) is 2. The number of aliphatic carboxylic acids is 1. The molecule has 2 unspecified atom stereocenters. The number of hydrogen-bond acceptors (Lipinski definition) is 5. The van der Waals surface area contributed by atoms with E-state index in [9.17, 15) is 24.6 Å². The molecule has 3 aliphatic rings. The Kier molecular flexibility index (Phi) is 6.09. The van der Waals surface area contributed by atoms with Crippen LogP contribution in [0, 0.1) is 11.8 Å². The summed E-state index contributed by atoms with van der Waals surface area (Å²) in [6, 6.07) is 7.96. The third-order valence-corrected chi connectivity index (χ3v) is 7.21. The van der Waals surface area contributed by atoms with Gasteiger partial charge in [0.1, 0.15) is 11.6 Å². The number of carbonyl (C=O) groups is 3. The fourth-order valence-electron chi connectivity index (χ4n) is 5.82. The zero-order valence-electron chi connectivity index (χ0n) is 18.2. The molecule has 0 aliphatic carbocycles. The van der Waals surface area contributed by atoms with Gasteiger partial charge in [-0.2, -0.15) is 0 Å². The van der Waals surface area contributed by atoms with E-state index in [1.165, 1.54) is 4.90 Å². The fraction of sp³-hybridized carbons (Fsp3) is 0.542. The molecule has 3 fully saturated rings. The Labute approximate surface area is 187 Å². The van der Waals surface area contributed by atoms with E-state index in [0.29, 0.717) is 25.8 Å². The molecule has 3 heterocycles. The number of likely N-dealkylation sites (tertiary alicyclic amines) is 1. The fourth-order valence-corrected chi connectivity index (χ4v) is 5.82. The number of carbonyl (C=O) groups excluding carboxylic acids is 2. The number of rotatable bonds is 9. The third kappa shape index (κ3) is 3.33. The van der Waals surface area contributed by atoms with Crippen molar-refractivity contribution in [2.75, 3.05) is 13.2 Å². The largest absolute Gasteiger partial charge is 0.481 e. The summed E-state index contributed by atoms with van der Waals surface area (Å²) in [5.74, 6) is -3.68. The first-order valence-corrected chi connectivity index (χ1v) is 11.2. The molecular formula is C24H30N2O6. The molecule has 1 aromatic rings. The van der Waals surface area contributed by atoms with Gasteiger partial charge in [-0.25, -0.2) is 0 Å². The van der Waals surface area contributed by atoms with E-state index in [2.05, 4.69) is 6.58 Å². The summed E-state index contributed by atoms with van der Waals surface area (Å²) in [4.78, 5) is 42.7. The maximum atomic E-state index is 14.0. The van der Waals surface area contributed by atoms with E-state index in [0.717, 1.165) is 5.56 Å². The summed E-state index contributed by atoms with van der Waals surface area (Å²) >= 11 is 0. The number of aliphatic hydroxyl groups is 1. The van der Waals surface area contributed by atoms with Crippen molar-refractivity contribution in [3.63, 3.8) is 0 Å². The van der Waals surface area contributed by atoms with Crippen molar-refractivity contribution in [1.82, 2.24) is 9.80 Å². The van der Waals surface area contributed by atoms with Crippen molar-refractivity contribution in [3.05, 3.63) is 48.6 Å². The molecule has 172 valence electrons. The van der Waals surface area contributed by atoms with E-state index in [1.54, 1.807) is 11.0 Å². The van der Waals surface area contributed by atoms with Gasteiger partial charge in [0.2, 0.25) is 11.8 Å². The summed E-state index contributed by atoms with van der Waals surface area (Å²) in [5, 5.41) is 19.8. The van der Waals surface area contributed by atoms with E-state index in [1.807, 2.05) is 37.3 Å². The predicted octanol–water partition coefficient (Wildman–Crippen LogP) is 1.43. The average molecular weight is 443 g/mol. The van der Waals surface area contributed by atoms with Gasteiger partial charge in [-0.05, 0) is 24.8 Å². The quantitative estimate of drug-likeness (QED) is 0.561. The van der Waals surface area contributed by atoms with Gasteiger partial charge in [0.25, 0.3) is 0 Å².